The summed E-state index contributed by atoms with van der Waals surface area (Å²) in [5, 5.41) is 8.89. The molecule has 0 bridgehead atoms. The Balaban J connectivity index is 2.95. The zero-order chi connectivity index (χ0) is 8.97. The molecule has 0 fully saturated rings. The Morgan fingerprint density at radius 1 is 1.67 bits per heavy atom. The minimum Gasteiger partial charge on any atom is -0.294 e. The van der Waals surface area contributed by atoms with Crippen molar-refractivity contribution < 1.29 is 4.18 Å². The van der Waals surface area contributed by atoms with E-state index in [1.54, 1.807) is 18.2 Å². The first kappa shape index (κ1) is 9.33. The maximum atomic E-state index is 8.56. The summed E-state index contributed by atoms with van der Waals surface area (Å²) in [7, 11) is 0. The Bertz CT molecular complexity index is 313. The number of halogens is 1. The fraction of sp³-hybridized carbons (Fsp3) is 0.143. The van der Waals surface area contributed by atoms with Crippen LogP contribution in [0.5, 0.6) is 0 Å². The molecule has 0 saturated carbocycles. The second kappa shape index (κ2) is 4.31. The molecule has 0 saturated heterocycles. The van der Waals surface area contributed by atoms with Crippen molar-refractivity contribution in [1.29, 1.82) is 5.26 Å². The molecule has 0 N–H and O–H groups in total. The van der Waals surface area contributed by atoms with Crippen LogP contribution in [-0.2, 0) is 4.18 Å². The molecule has 0 aliphatic heterocycles. The number of pyridine rings is 1. The number of nitriles is 1. The number of hydrogen-bond acceptors (Lipinski definition) is 4. The Kier molecular flexibility index (Phi) is 3.35. The molecule has 3 nitrogen and oxygen atoms in total. The van der Waals surface area contributed by atoms with Gasteiger partial charge in [-0.3, -0.25) is 4.18 Å². The summed E-state index contributed by atoms with van der Waals surface area (Å²) in [5.41, 5.74) is 0.458. The van der Waals surface area contributed by atoms with Crippen molar-refractivity contribution in [1.82, 2.24) is 4.98 Å². The highest BCUT2D eigenvalue weighted by atomic mass is 35.5. The third kappa shape index (κ3) is 2.11. The van der Waals surface area contributed by atoms with Gasteiger partial charge in [-0.25, -0.2) is 4.98 Å². The Morgan fingerprint density at radius 2 is 2.42 bits per heavy atom. The standard InChI is InChI=1S/C7H5ClN2OS/c8-7-3-1-2-5(10-7)6(4-9)11-12/h1-3,6,12H. The fourth-order valence-corrected chi connectivity index (χ4v) is 1.04. The maximum absolute atomic E-state index is 8.56. The minimum absolute atomic E-state index is 0.332. The third-order valence-corrected chi connectivity index (χ3v) is 1.65. The molecule has 0 aliphatic carbocycles. The molecular formula is C7H5ClN2OS. The quantitative estimate of drug-likeness (QED) is 0.452. The first-order valence-corrected chi connectivity index (χ1v) is 3.84. The van der Waals surface area contributed by atoms with Gasteiger partial charge in [0.2, 0.25) is 0 Å². The van der Waals surface area contributed by atoms with Crippen molar-refractivity contribution in [3.8, 4) is 6.07 Å². The van der Waals surface area contributed by atoms with Crippen LogP contribution in [0.4, 0.5) is 0 Å². The Morgan fingerprint density at radius 3 is 2.92 bits per heavy atom. The molecule has 0 aliphatic rings. The van der Waals surface area contributed by atoms with Crippen LogP contribution < -0.4 is 0 Å². The molecule has 0 amide bonds. The zero-order valence-corrected chi connectivity index (χ0v) is 7.59. The highest BCUT2D eigenvalue weighted by Crippen LogP contribution is 2.17. The van der Waals surface area contributed by atoms with Gasteiger partial charge in [0.15, 0.2) is 6.10 Å². The van der Waals surface area contributed by atoms with E-state index < -0.39 is 6.10 Å². The molecule has 0 radical (unpaired) electrons. The SMILES string of the molecule is N#CC(OS)c1cccc(Cl)n1. The number of hydrogen-bond donors (Lipinski definition) is 1. The Labute approximate surface area is 80.6 Å². The van der Waals surface area contributed by atoms with Gasteiger partial charge in [-0.05, 0) is 25.0 Å². The summed E-state index contributed by atoms with van der Waals surface area (Å²) in [6, 6.07) is 6.84. The van der Waals surface area contributed by atoms with E-state index in [-0.39, 0.29) is 0 Å². The molecule has 1 atom stereocenters. The lowest BCUT2D eigenvalue weighted by atomic mass is 10.2. The summed E-state index contributed by atoms with van der Waals surface area (Å²) in [5.74, 6) is 0. The number of rotatable bonds is 2. The van der Waals surface area contributed by atoms with Crippen LogP contribution in [0, 0.1) is 11.3 Å². The van der Waals surface area contributed by atoms with Crippen LogP contribution in [0.2, 0.25) is 5.15 Å². The van der Waals surface area contributed by atoms with Gasteiger partial charge in [-0.15, -0.1) is 0 Å². The monoisotopic (exact) mass is 200 g/mol. The maximum Gasteiger partial charge on any atom is 0.199 e. The molecule has 0 aromatic carbocycles. The van der Waals surface area contributed by atoms with E-state index in [0.717, 1.165) is 0 Å². The molecule has 1 heterocycles. The van der Waals surface area contributed by atoms with Crippen LogP contribution in [-0.4, -0.2) is 4.98 Å². The molecule has 0 spiro atoms. The fourth-order valence-electron chi connectivity index (χ4n) is 0.714. The van der Waals surface area contributed by atoms with Crippen LogP contribution in [0.1, 0.15) is 11.8 Å². The van der Waals surface area contributed by atoms with Gasteiger partial charge in [0.25, 0.3) is 0 Å². The van der Waals surface area contributed by atoms with Gasteiger partial charge in [-0.2, -0.15) is 5.26 Å². The van der Waals surface area contributed by atoms with E-state index in [2.05, 4.69) is 22.1 Å². The first-order chi connectivity index (χ1) is 5.77. The van der Waals surface area contributed by atoms with Gasteiger partial charge in [-0.1, -0.05) is 17.7 Å². The number of thiol groups is 1. The molecule has 1 aromatic rings. The second-order valence-electron chi connectivity index (χ2n) is 2.00. The highest BCUT2D eigenvalue weighted by Gasteiger charge is 2.10. The largest absolute Gasteiger partial charge is 0.294 e. The minimum atomic E-state index is -0.771. The van der Waals surface area contributed by atoms with Gasteiger partial charge in [0.1, 0.15) is 11.2 Å². The summed E-state index contributed by atoms with van der Waals surface area (Å²) < 4.78 is 4.55. The molecular weight excluding hydrogens is 196 g/mol. The van der Waals surface area contributed by atoms with Crippen LogP contribution in [0.3, 0.4) is 0 Å². The van der Waals surface area contributed by atoms with E-state index in [0.29, 0.717) is 10.8 Å². The van der Waals surface area contributed by atoms with E-state index >= 15 is 0 Å². The Hall–Kier alpha value is -0.760. The molecule has 5 heteroatoms. The van der Waals surface area contributed by atoms with Gasteiger partial charge >= 0.3 is 0 Å². The number of aromatic nitrogens is 1. The van der Waals surface area contributed by atoms with E-state index in [1.165, 1.54) is 0 Å². The lowest BCUT2D eigenvalue weighted by Gasteiger charge is -2.03. The third-order valence-electron chi connectivity index (χ3n) is 1.23. The molecule has 1 aromatic heterocycles. The number of nitrogens with zero attached hydrogens (tertiary/aromatic N) is 2. The molecule has 62 valence electrons. The lowest BCUT2D eigenvalue weighted by molar-refractivity contribution is 0.314. The van der Waals surface area contributed by atoms with Crippen molar-refractivity contribution in [3.05, 3.63) is 29.0 Å². The highest BCUT2D eigenvalue weighted by molar-refractivity contribution is 7.75. The lowest BCUT2D eigenvalue weighted by Crippen LogP contribution is -1.97. The summed E-state index contributed by atoms with van der Waals surface area (Å²) in [6.45, 7) is 0. The van der Waals surface area contributed by atoms with Crippen LogP contribution in [0.25, 0.3) is 0 Å². The summed E-state index contributed by atoms with van der Waals surface area (Å²) in [4.78, 5) is 3.88. The summed E-state index contributed by atoms with van der Waals surface area (Å²) in [6.07, 6.45) is -0.771. The van der Waals surface area contributed by atoms with Gasteiger partial charge in [0, 0.05) is 0 Å². The van der Waals surface area contributed by atoms with Crippen LogP contribution >= 0.6 is 24.5 Å². The van der Waals surface area contributed by atoms with Gasteiger partial charge in [0.05, 0.1) is 5.69 Å². The van der Waals surface area contributed by atoms with Gasteiger partial charge < -0.3 is 0 Å². The molecule has 1 unspecified atom stereocenters. The average Bonchev–Trinajstić information content (AvgIpc) is 2.07. The zero-order valence-electron chi connectivity index (χ0n) is 5.94. The predicted octanol–water partition coefficient (Wildman–Crippen LogP) is 2.16. The first-order valence-electron chi connectivity index (χ1n) is 3.10. The van der Waals surface area contributed by atoms with Crippen LogP contribution in [0.15, 0.2) is 18.2 Å². The smallest absolute Gasteiger partial charge is 0.199 e. The second-order valence-corrected chi connectivity index (χ2v) is 2.60. The van der Waals surface area contributed by atoms with E-state index in [9.17, 15) is 0 Å². The normalized spacial score (nSPS) is 12.1. The summed E-state index contributed by atoms with van der Waals surface area (Å²) >= 11 is 9.14. The van der Waals surface area contributed by atoms with Crippen molar-refractivity contribution in [2.45, 2.75) is 6.10 Å². The molecule has 1 rings (SSSR count). The van der Waals surface area contributed by atoms with Crippen molar-refractivity contribution in [2.75, 3.05) is 0 Å². The topological polar surface area (TPSA) is 45.9 Å². The van der Waals surface area contributed by atoms with Crippen molar-refractivity contribution in [2.24, 2.45) is 0 Å². The van der Waals surface area contributed by atoms with Crippen molar-refractivity contribution in [3.63, 3.8) is 0 Å². The van der Waals surface area contributed by atoms with E-state index in [1.807, 2.05) is 6.07 Å². The average molecular weight is 201 g/mol. The molecule has 12 heavy (non-hydrogen) atoms. The van der Waals surface area contributed by atoms with Crippen molar-refractivity contribution >= 4 is 24.5 Å². The van der Waals surface area contributed by atoms with E-state index in [4.69, 9.17) is 16.9 Å². The predicted molar refractivity (Wildman–Crippen MR) is 47.7 cm³/mol.